The number of hydrogen-bond donors (Lipinski definition) is 1. The molecule has 0 heterocycles. The van der Waals surface area contributed by atoms with E-state index in [0.29, 0.717) is 0 Å². The van der Waals surface area contributed by atoms with Crippen molar-refractivity contribution >= 4 is 15.9 Å². The Bertz CT molecular complexity index is 352. The second-order valence-electron chi connectivity index (χ2n) is 3.37. The van der Waals surface area contributed by atoms with Crippen LogP contribution >= 0.6 is 15.9 Å². The Morgan fingerprint density at radius 2 is 2.29 bits per heavy atom. The molecule has 2 heteroatoms. The largest absolute Gasteiger partial charge is 0.324 e. The van der Waals surface area contributed by atoms with Crippen LogP contribution in [0.1, 0.15) is 30.0 Å². The Morgan fingerprint density at radius 3 is 2.93 bits per heavy atom. The van der Waals surface area contributed by atoms with Gasteiger partial charge in [-0.05, 0) is 25.0 Å². The Labute approximate surface area is 93.8 Å². The maximum atomic E-state index is 6.03. The van der Waals surface area contributed by atoms with E-state index in [0.717, 1.165) is 22.9 Å². The summed E-state index contributed by atoms with van der Waals surface area (Å²) in [7, 11) is 0. The van der Waals surface area contributed by atoms with Gasteiger partial charge < -0.3 is 5.73 Å². The van der Waals surface area contributed by atoms with Gasteiger partial charge in [0.05, 0.1) is 0 Å². The molecule has 1 unspecified atom stereocenters. The lowest BCUT2D eigenvalue weighted by atomic mass is 10.0. The van der Waals surface area contributed by atoms with Crippen molar-refractivity contribution in [1.82, 2.24) is 0 Å². The lowest BCUT2D eigenvalue weighted by Crippen LogP contribution is -2.10. The Hall–Kier alpha value is -0.780. The number of rotatable bonds is 3. The molecule has 0 fully saturated rings. The second-order valence-corrected chi connectivity index (χ2v) is 4.23. The third kappa shape index (κ3) is 2.87. The lowest BCUT2D eigenvalue weighted by Gasteiger charge is -2.13. The van der Waals surface area contributed by atoms with Crippen LogP contribution in [0.4, 0.5) is 0 Å². The van der Waals surface area contributed by atoms with Gasteiger partial charge in [0, 0.05) is 16.9 Å². The van der Waals surface area contributed by atoms with Crippen molar-refractivity contribution in [2.24, 2.45) is 5.73 Å². The fourth-order valence-corrected chi connectivity index (χ4v) is 1.88. The van der Waals surface area contributed by atoms with Gasteiger partial charge in [-0.3, -0.25) is 0 Å². The van der Waals surface area contributed by atoms with Gasteiger partial charge in [0.25, 0.3) is 0 Å². The Balaban J connectivity index is 2.83. The zero-order valence-corrected chi connectivity index (χ0v) is 9.84. The average Bonchev–Trinajstić information content (AvgIpc) is 2.18. The molecular formula is C12H14BrN. The van der Waals surface area contributed by atoms with Crippen molar-refractivity contribution in [3.8, 4) is 12.3 Å². The van der Waals surface area contributed by atoms with Gasteiger partial charge in [-0.2, -0.15) is 0 Å². The highest BCUT2D eigenvalue weighted by Gasteiger charge is 2.08. The molecule has 0 aromatic heterocycles. The molecule has 0 amide bonds. The van der Waals surface area contributed by atoms with E-state index in [1.165, 1.54) is 5.56 Å². The summed E-state index contributed by atoms with van der Waals surface area (Å²) in [5.41, 5.74) is 8.39. The highest BCUT2D eigenvalue weighted by Crippen LogP contribution is 2.25. The van der Waals surface area contributed by atoms with Crippen LogP contribution in [0.5, 0.6) is 0 Å². The molecule has 0 spiro atoms. The Kier molecular flexibility index (Phi) is 4.19. The van der Waals surface area contributed by atoms with Crippen LogP contribution in [0, 0.1) is 19.3 Å². The fourth-order valence-electron chi connectivity index (χ4n) is 1.34. The van der Waals surface area contributed by atoms with Crippen molar-refractivity contribution in [3.63, 3.8) is 0 Å². The van der Waals surface area contributed by atoms with Crippen LogP contribution in [-0.2, 0) is 0 Å². The third-order valence-electron chi connectivity index (χ3n) is 2.15. The molecule has 1 aromatic rings. The molecule has 0 aliphatic heterocycles. The maximum absolute atomic E-state index is 6.03. The van der Waals surface area contributed by atoms with E-state index < -0.39 is 0 Å². The van der Waals surface area contributed by atoms with Crippen LogP contribution in [0.2, 0.25) is 0 Å². The number of benzene rings is 1. The zero-order chi connectivity index (χ0) is 10.6. The minimum absolute atomic E-state index is 0.0281. The van der Waals surface area contributed by atoms with E-state index in [2.05, 4.69) is 40.9 Å². The molecule has 14 heavy (non-hydrogen) atoms. The topological polar surface area (TPSA) is 26.0 Å². The highest BCUT2D eigenvalue weighted by atomic mass is 79.9. The second kappa shape index (κ2) is 5.19. The third-order valence-corrected chi connectivity index (χ3v) is 2.87. The van der Waals surface area contributed by atoms with Crippen LogP contribution in [0.15, 0.2) is 22.7 Å². The molecule has 74 valence electrons. The summed E-state index contributed by atoms with van der Waals surface area (Å²) in [6, 6.07) is 6.22. The molecule has 0 saturated heterocycles. The highest BCUT2D eigenvalue weighted by molar-refractivity contribution is 9.10. The van der Waals surface area contributed by atoms with Crippen LogP contribution in [-0.4, -0.2) is 0 Å². The fraction of sp³-hybridized carbons (Fsp3) is 0.333. The van der Waals surface area contributed by atoms with E-state index >= 15 is 0 Å². The molecule has 0 saturated carbocycles. The molecule has 1 aromatic carbocycles. The molecule has 0 radical (unpaired) electrons. The summed E-state index contributed by atoms with van der Waals surface area (Å²) in [6.45, 7) is 2.06. The van der Waals surface area contributed by atoms with Crippen molar-refractivity contribution in [1.29, 1.82) is 0 Å². The van der Waals surface area contributed by atoms with Crippen LogP contribution in [0.25, 0.3) is 0 Å². The predicted octanol–water partition coefficient (Wildman–Crippen LogP) is 3.17. The molecule has 1 nitrogen and oxygen atoms in total. The first-order chi connectivity index (χ1) is 6.65. The van der Waals surface area contributed by atoms with Gasteiger partial charge in [0.1, 0.15) is 0 Å². The summed E-state index contributed by atoms with van der Waals surface area (Å²) in [6.07, 6.45) is 6.76. The van der Waals surface area contributed by atoms with Gasteiger partial charge in [0.2, 0.25) is 0 Å². The maximum Gasteiger partial charge on any atom is 0.0315 e. The van der Waals surface area contributed by atoms with Crippen molar-refractivity contribution in [3.05, 3.63) is 33.8 Å². The van der Waals surface area contributed by atoms with Crippen molar-refractivity contribution in [2.45, 2.75) is 25.8 Å². The van der Waals surface area contributed by atoms with Gasteiger partial charge in [-0.25, -0.2) is 0 Å². The monoisotopic (exact) mass is 251 g/mol. The SMILES string of the molecule is C#CCCC(N)c1cc(C)ccc1Br. The van der Waals surface area contributed by atoms with Gasteiger partial charge in [0.15, 0.2) is 0 Å². The minimum atomic E-state index is 0.0281. The van der Waals surface area contributed by atoms with Crippen LogP contribution < -0.4 is 5.73 Å². The quantitative estimate of drug-likeness (QED) is 0.821. The number of nitrogens with two attached hydrogens (primary N) is 1. The molecule has 0 aliphatic rings. The Morgan fingerprint density at radius 1 is 1.57 bits per heavy atom. The summed E-state index contributed by atoms with van der Waals surface area (Å²) >= 11 is 3.49. The average molecular weight is 252 g/mol. The first-order valence-electron chi connectivity index (χ1n) is 4.60. The molecule has 0 aliphatic carbocycles. The van der Waals surface area contributed by atoms with Gasteiger partial charge in [-0.1, -0.05) is 33.6 Å². The summed E-state index contributed by atoms with van der Waals surface area (Å²) < 4.78 is 1.06. The number of halogens is 1. The normalized spacial score (nSPS) is 12.1. The number of hydrogen-bond acceptors (Lipinski definition) is 1. The van der Waals surface area contributed by atoms with Gasteiger partial charge >= 0.3 is 0 Å². The lowest BCUT2D eigenvalue weighted by molar-refractivity contribution is 0.664. The standard InChI is InChI=1S/C12H14BrN/c1-3-4-5-12(14)10-8-9(2)6-7-11(10)13/h1,6-8,12H,4-5,14H2,2H3. The molecule has 1 atom stereocenters. The van der Waals surface area contributed by atoms with Crippen molar-refractivity contribution < 1.29 is 0 Å². The first kappa shape index (κ1) is 11.3. The van der Waals surface area contributed by atoms with E-state index in [1.807, 2.05) is 6.07 Å². The van der Waals surface area contributed by atoms with E-state index in [1.54, 1.807) is 0 Å². The van der Waals surface area contributed by atoms with E-state index in [-0.39, 0.29) is 6.04 Å². The molecular weight excluding hydrogens is 238 g/mol. The molecule has 2 N–H and O–H groups in total. The van der Waals surface area contributed by atoms with Crippen LogP contribution in [0.3, 0.4) is 0 Å². The smallest absolute Gasteiger partial charge is 0.0315 e. The minimum Gasteiger partial charge on any atom is -0.324 e. The summed E-state index contributed by atoms with van der Waals surface area (Å²) in [4.78, 5) is 0. The van der Waals surface area contributed by atoms with E-state index in [4.69, 9.17) is 12.2 Å². The summed E-state index contributed by atoms with van der Waals surface area (Å²) in [5.74, 6) is 2.61. The first-order valence-corrected chi connectivity index (χ1v) is 5.39. The van der Waals surface area contributed by atoms with Gasteiger partial charge in [-0.15, -0.1) is 12.3 Å². The zero-order valence-electron chi connectivity index (χ0n) is 8.26. The van der Waals surface area contributed by atoms with Crippen molar-refractivity contribution in [2.75, 3.05) is 0 Å². The molecule has 0 bridgehead atoms. The number of aryl methyl sites for hydroxylation is 1. The van der Waals surface area contributed by atoms with E-state index in [9.17, 15) is 0 Å². The summed E-state index contributed by atoms with van der Waals surface area (Å²) in [5, 5.41) is 0. The molecule has 1 rings (SSSR count). The number of terminal acetylenes is 1. The predicted molar refractivity (Wildman–Crippen MR) is 63.9 cm³/mol.